The van der Waals surface area contributed by atoms with Crippen molar-refractivity contribution in [2.75, 3.05) is 26.9 Å². The Hall–Kier alpha value is -1.06. The number of hydrogen-bond donors (Lipinski definition) is 1. The minimum Gasteiger partial charge on any atom is -0.491 e. The molecule has 0 aliphatic heterocycles. The van der Waals surface area contributed by atoms with Gasteiger partial charge in [-0.3, -0.25) is 0 Å². The molecule has 0 saturated heterocycles. The monoisotopic (exact) mass is 249 g/mol. The van der Waals surface area contributed by atoms with Gasteiger partial charge >= 0.3 is 0 Å². The van der Waals surface area contributed by atoms with E-state index in [2.05, 4.69) is 30.4 Å². The molecule has 0 bridgehead atoms. The zero-order chi connectivity index (χ0) is 12.8. The summed E-state index contributed by atoms with van der Waals surface area (Å²) < 4.78 is 10.6. The highest BCUT2D eigenvalue weighted by Gasteiger charge is 2.21. The van der Waals surface area contributed by atoms with Crippen LogP contribution in [0.3, 0.4) is 0 Å². The molecule has 0 heterocycles. The Balaban J connectivity index is 1.96. The number of aryl methyl sites for hydroxylation is 1. The first-order valence-electron chi connectivity index (χ1n) is 6.83. The van der Waals surface area contributed by atoms with Crippen LogP contribution in [-0.2, 0) is 11.2 Å². The molecule has 0 aromatic heterocycles. The van der Waals surface area contributed by atoms with Gasteiger partial charge in [-0.1, -0.05) is 13.0 Å². The van der Waals surface area contributed by atoms with E-state index in [1.165, 1.54) is 24.0 Å². The van der Waals surface area contributed by atoms with Crippen molar-refractivity contribution < 1.29 is 9.47 Å². The number of fused-ring (bicyclic) bond motifs is 1. The number of methoxy groups -OCH3 is 1. The lowest BCUT2D eigenvalue weighted by molar-refractivity contribution is 0.146. The summed E-state index contributed by atoms with van der Waals surface area (Å²) >= 11 is 0. The molecule has 0 fully saturated rings. The normalized spacial score (nSPS) is 17.8. The first kappa shape index (κ1) is 13.4. The second-order valence-electron chi connectivity index (χ2n) is 4.75. The van der Waals surface area contributed by atoms with Gasteiger partial charge in [0.1, 0.15) is 12.4 Å². The fraction of sp³-hybridized carbons (Fsp3) is 0.600. The maximum atomic E-state index is 5.64. The molecule has 0 radical (unpaired) electrons. The Morgan fingerprint density at radius 2 is 2.22 bits per heavy atom. The van der Waals surface area contributed by atoms with Crippen LogP contribution >= 0.6 is 0 Å². The Morgan fingerprint density at radius 1 is 1.33 bits per heavy atom. The summed E-state index contributed by atoms with van der Waals surface area (Å²) in [4.78, 5) is 0. The fourth-order valence-electron chi connectivity index (χ4n) is 2.46. The molecule has 0 spiro atoms. The smallest absolute Gasteiger partial charge is 0.119 e. The van der Waals surface area contributed by atoms with Gasteiger partial charge in [0.05, 0.1) is 6.61 Å². The summed E-state index contributed by atoms with van der Waals surface area (Å²) in [6.45, 7) is 4.55. The molecule has 0 saturated carbocycles. The number of ether oxygens (including phenoxy) is 2. The standard InChI is InChI=1S/C15H23NO2/c1-3-8-16-15-7-4-12-11-13(5-6-14(12)15)18-10-9-17-2/h5-6,11,15-16H,3-4,7-10H2,1-2H3. The van der Waals surface area contributed by atoms with Gasteiger partial charge in [-0.15, -0.1) is 0 Å². The maximum Gasteiger partial charge on any atom is 0.119 e. The highest BCUT2D eigenvalue weighted by atomic mass is 16.5. The lowest BCUT2D eigenvalue weighted by atomic mass is 10.1. The number of nitrogens with one attached hydrogen (secondary N) is 1. The Labute approximate surface area is 109 Å². The molecule has 100 valence electrons. The Bertz CT molecular complexity index is 379. The van der Waals surface area contributed by atoms with Crippen LogP contribution in [0.4, 0.5) is 0 Å². The molecule has 3 heteroatoms. The topological polar surface area (TPSA) is 30.5 Å². The van der Waals surface area contributed by atoms with Crippen LogP contribution in [0.15, 0.2) is 18.2 Å². The number of benzene rings is 1. The van der Waals surface area contributed by atoms with Crippen molar-refractivity contribution in [3.8, 4) is 5.75 Å². The van der Waals surface area contributed by atoms with Crippen LogP contribution in [0.2, 0.25) is 0 Å². The van der Waals surface area contributed by atoms with Gasteiger partial charge in [0.2, 0.25) is 0 Å². The van der Waals surface area contributed by atoms with Crippen LogP contribution in [0, 0.1) is 0 Å². The molecule has 1 aliphatic rings. The minimum absolute atomic E-state index is 0.535. The van der Waals surface area contributed by atoms with E-state index in [0.29, 0.717) is 19.3 Å². The van der Waals surface area contributed by atoms with E-state index in [9.17, 15) is 0 Å². The third-order valence-electron chi connectivity index (χ3n) is 3.39. The fourth-order valence-corrected chi connectivity index (χ4v) is 2.46. The second kappa shape index (κ2) is 6.76. The molecule has 1 aromatic carbocycles. The highest BCUT2D eigenvalue weighted by Crippen LogP contribution is 2.33. The Morgan fingerprint density at radius 3 is 3.00 bits per heavy atom. The van der Waals surface area contributed by atoms with Crippen molar-refractivity contribution in [2.24, 2.45) is 0 Å². The lowest BCUT2D eigenvalue weighted by Gasteiger charge is -2.14. The van der Waals surface area contributed by atoms with Crippen molar-refractivity contribution in [2.45, 2.75) is 32.2 Å². The van der Waals surface area contributed by atoms with Gasteiger partial charge in [0, 0.05) is 13.2 Å². The molecule has 0 amide bonds. The van der Waals surface area contributed by atoms with E-state index >= 15 is 0 Å². The van der Waals surface area contributed by atoms with Gasteiger partial charge in [0.25, 0.3) is 0 Å². The average molecular weight is 249 g/mol. The molecule has 1 unspecified atom stereocenters. The van der Waals surface area contributed by atoms with Crippen molar-refractivity contribution >= 4 is 0 Å². The van der Waals surface area contributed by atoms with Crippen LogP contribution in [-0.4, -0.2) is 26.9 Å². The van der Waals surface area contributed by atoms with E-state index < -0.39 is 0 Å². The van der Waals surface area contributed by atoms with E-state index in [1.54, 1.807) is 7.11 Å². The molecule has 18 heavy (non-hydrogen) atoms. The molecular weight excluding hydrogens is 226 g/mol. The first-order valence-corrected chi connectivity index (χ1v) is 6.83. The van der Waals surface area contributed by atoms with Gasteiger partial charge < -0.3 is 14.8 Å². The van der Waals surface area contributed by atoms with Gasteiger partial charge in [-0.25, -0.2) is 0 Å². The summed E-state index contributed by atoms with van der Waals surface area (Å²) in [6, 6.07) is 6.99. The van der Waals surface area contributed by atoms with Gasteiger partial charge in [-0.2, -0.15) is 0 Å². The molecular formula is C15H23NO2. The molecule has 3 nitrogen and oxygen atoms in total. The van der Waals surface area contributed by atoms with E-state index in [-0.39, 0.29) is 0 Å². The van der Waals surface area contributed by atoms with Crippen LogP contribution in [0.1, 0.15) is 36.9 Å². The molecule has 2 rings (SSSR count). The highest BCUT2D eigenvalue weighted by molar-refractivity contribution is 5.40. The predicted molar refractivity (Wildman–Crippen MR) is 73.2 cm³/mol. The average Bonchev–Trinajstić information content (AvgIpc) is 2.79. The summed E-state index contributed by atoms with van der Waals surface area (Å²) in [7, 11) is 1.69. The quantitative estimate of drug-likeness (QED) is 0.754. The van der Waals surface area contributed by atoms with Crippen LogP contribution in [0.5, 0.6) is 5.75 Å². The zero-order valence-corrected chi connectivity index (χ0v) is 11.4. The van der Waals surface area contributed by atoms with Gasteiger partial charge in [0.15, 0.2) is 0 Å². The van der Waals surface area contributed by atoms with E-state index in [1.807, 2.05) is 0 Å². The largest absolute Gasteiger partial charge is 0.491 e. The summed E-state index contributed by atoms with van der Waals surface area (Å²) in [5.41, 5.74) is 2.88. The second-order valence-corrected chi connectivity index (χ2v) is 4.75. The maximum absolute atomic E-state index is 5.64. The minimum atomic E-state index is 0.535. The third kappa shape index (κ3) is 3.24. The molecule has 1 atom stereocenters. The first-order chi connectivity index (χ1) is 8.85. The van der Waals surface area contributed by atoms with Crippen LogP contribution in [0.25, 0.3) is 0 Å². The summed E-state index contributed by atoms with van der Waals surface area (Å²) in [6.07, 6.45) is 3.54. The Kier molecular flexibility index (Phi) is 5.02. The number of rotatable bonds is 7. The summed E-state index contributed by atoms with van der Waals surface area (Å²) in [5.74, 6) is 0.960. The zero-order valence-electron chi connectivity index (χ0n) is 11.4. The van der Waals surface area contributed by atoms with Crippen molar-refractivity contribution in [1.82, 2.24) is 5.32 Å². The summed E-state index contributed by atoms with van der Waals surface area (Å²) in [5, 5.41) is 3.60. The molecule has 1 N–H and O–H groups in total. The van der Waals surface area contributed by atoms with E-state index in [0.717, 1.165) is 18.7 Å². The SMILES string of the molecule is CCCNC1CCc2cc(OCCOC)ccc21. The lowest BCUT2D eigenvalue weighted by Crippen LogP contribution is -2.19. The van der Waals surface area contributed by atoms with Crippen molar-refractivity contribution in [3.05, 3.63) is 29.3 Å². The van der Waals surface area contributed by atoms with Crippen molar-refractivity contribution in [3.63, 3.8) is 0 Å². The van der Waals surface area contributed by atoms with Gasteiger partial charge in [-0.05, 0) is 49.1 Å². The third-order valence-corrected chi connectivity index (χ3v) is 3.39. The molecule has 1 aromatic rings. The van der Waals surface area contributed by atoms with Crippen molar-refractivity contribution in [1.29, 1.82) is 0 Å². The number of hydrogen-bond acceptors (Lipinski definition) is 3. The van der Waals surface area contributed by atoms with Crippen LogP contribution < -0.4 is 10.1 Å². The molecule has 1 aliphatic carbocycles. The van der Waals surface area contributed by atoms with E-state index in [4.69, 9.17) is 9.47 Å². The predicted octanol–water partition coefficient (Wildman–Crippen LogP) is 2.70.